The van der Waals surface area contributed by atoms with Gasteiger partial charge in [-0.1, -0.05) is 18.2 Å². The van der Waals surface area contributed by atoms with Crippen LogP contribution in [0.2, 0.25) is 0 Å². The van der Waals surface area contributed by atoms with Crippen LogP contribution in [0.15, 0.2) is 30.3 Å². The molecule has 0 atom stereocenters. The molecule has 0 aromatic heterocycles. The Bertz CT molecular complexity index is 174. The quantitative estimate of drug-likeness (QED) is 0.413. The fourth-order valence-electron chi connectivity index (χ4n) is 0.564. The van der Waals surface area contributed by atoms with Crippen LogP contribution in [0.1, 0.15) is 5.56 Å². The summed E-state index contributed by atoms with van der Waals surface area (Å²) < 4.78 is 0. The second-order valence-corrected chi connectivity index (χ2v) is 1.58. The van der Waals surface area contributed by atoms with E-state index in [4.69, 9.17) is 5.41 Å². The molecule has 0 fully saturated rings. The average Bonchev–Trinajstić information content (AvgIpc) is 1.90. The van der Waals surface area contributed by atoms with Gasteiger partial charge in [-0.05, 0) is 12.1 Å². The van der Waals surface area contributed by atoms with Crippen LogP contribution in [0.3, 0.4) is 0 Å². The first-order valence-electron chi connectivity index (χ1n) is 2.53. The lowest BCUT2D eigenvalue weighted by molar-refractivity contribution is -0.104. The lowest BCUT2D eigenvalue weighted by Gasteiger charge is -1.81. The third-order valence-corrected chi connectivity index (χ3v) is 0.992. The minimum atomic E-state index is 0. The van der Waals surface area contributed by atoms with Gasteiger partial charge < -0.3 is 24.8 Å². The summed E-state index contributed by atoms with van der Waals surface area (Å²) in [5.41, 5.74) is 1.06. The van der Waals surface area contributed by atoms with Crippen molar-refractivity contribution in [3.8, 4) is 0 Å². The molecular weight excluding hydrogens is 169 g/mol. The van der Waals surface area contributed by atoms with Crippen LogP contribution in [-0.2, 0) is 0 Å². The summed E-state index contributed by atoms with van der Waals surface area (Å²) in [5.74, 6) is 0. The second kappa shape index (κ2) is 6.59. The molecule has 3 heteroatoms. The third-order valence-electron chi connectivity index (χ3n) is 0.992. The highest BCUT2D eigenvalue weighted by molar-refractivity contribution is 5.74. The minimum Gasteiger partial charge on any atom is -1.00 e. The highest BCUT2D eigenvalue weighted by atomic mass is 35.5. The van der Waals surface area contributed by atoms with E-state index in [2.05, 4.69) is 0 Å². The predicted octanol–water partition coefficient (Wildman–Crippen LogP) is -6.13. The van der Waals surface area contributed by atoms with E-state index < -0.39 is 0 Å². The van der Waals surface area contributed by atoms with Gasteiger partial charge in [0.2, 0.25) is 0 Å². The molecule has 1 nitrogen and oxygen atoms in total. The summed E-state index contributed by atoms with van der Waals surface area (Å²) in [6.45, 7) is 0. The Labute approximate surface area is 72.8 Å². The highest BCUT2D eigenvalue weighted by Gasteiger charge is 1.81. The fourth-order valence-corrected chi connectivity index (χ4v) is 0.564. The van der Waals surface area contributed by atoms with Gasteiger partial charge in [-0.25, -0.2) is 0 Å². The van der Waals surface area contributed by atoms with Crippen molar-refractivity contribution in [3.05, 3.63) is 35.9 Å². The second-order valence-electron chi connectivity index (χ2n) is 1.58. The molecule has 2 N–H and O–H groups in total. The Balaban J connectivity index is 0. The molecule has 0 unspecified atom stereocenters. The zero-order valence-corrected chi connectivity index (χ0v) is 6.81. The van der Waals surface area contributed by atoms with Crippen molar-refractivity contribution in [2.75, 3.05) is 0 Å². The molecule has 1 rings (SSSR count). The van der Waals surface area contributed by atoms with Crippen molar-refractivity contribution in [1.29, 1.82) is 0 Å². The van der Waals surface area contributed by atoms with Gasteiger partial charge in [0.05, 0.1) is 0 Å². The van der Waals surface area contributed by atoms with Crippen LogP contribution in [0.5, 0.6) is 0 Å². The molecule has 10 heavy (non-hydrogen) atoms. The summed E-state index contributed by atoms with van der Waals surface area (Å²) in [5, 5.41) is 5.22. The maximum atomic E-state index is 5.22. The Morgan fingerprint density at radius 3 is 1.80 bits per heavy atom. The molecule has 0 saturated heterocycles. The zero-order chi connectivity index (χ0) is 5.82. The lowest BCUT2D eigenvalue weighted by atomic mass is 10.2. The molecule has 0 aliphatic rings. The number of halogens is 2. The van der Waals surface area contributed by atoms with Gasteiger partial charge in [-0.15, -0.1) is 0 Å². The first-order chi connectivity index (χ1) is 3.93. The van der Waals surface area contributed by atoms with Gasteiger partial charge >= 0.3 is 0 Å². The molecule has 0 aliphatic heterocycles. The van der Waals surface area contributed by atoms with Gasteiger partial charge in [0, 0.05) is 5.56 Å². The maximum absolute atomic E-state index is 5.22. The molecule has 0 saturated carbocycles. The monoisotopic (exact) mass is 176 g/mol. The van der Waals surface area contributed by atoms with Crippen molar-refractivity contribution in [2.45, 2.75) is 0 Å². The molecule has 0 heterocycles. The number of hydrogen-bond acceptors (Lipinski definition) is 0. The molecular formula is C7H8Cl2N-. The third kappa shape index (κ3) is 3.49. The molecule has 1 aromatic rings. The maximum Gasteiger partial charge on any atom is 0.167 e. The van der Waals surface area contributed by atoms with Crippen LogP contribution < -0.4 is 30.2 Å². The lowest BCUT2D eigenvalue weighted by Crippen LogP contribution is -3.00. The SMILES string of the molecule is [Cl-].[Cl-].[NH2+]=Cc1ccccc1. The van der Waals surface area contributed by atoms with Crippen molar-refractivity contribution >= 4 is 6.21 Å². The summed E-state index contributed by atoms with van der Waals surface area (Å²) in [6, 6.07) is 9.80. The van der Waals surface area contributed by atoms with E-state index in [1.165, 1.54) is 0 Å². The predicted molar refractivity (Wildman–Crippen MR) is 33.5 cm³/mol. The van der Waals surface area contributed by atoms with Crippen molar-refractivity contribution in [3.63, 3.8) is 0 Å². The van der Waals surface area contributed by atoms with Gasteiger partial charge in [0.15, 0.2) is 6.21 Å². The van der Waals surface area contributed by atoms with E-state index in [1.807, 2.05) is 30.3 Å². The topological polar surface area (TPSA) is 25.6 Å². The number of rotatable bonds is 1. The minimum absolute atomic E-state index is 0. The number of benzene rings is 1. The van der Waals surface area contributed by atoms with E-state index in [0.29, 0.717) is 0 Å². The van der Waals surface area contributed by atoms with Gasteiger partial charge in [-0.2, -0.15) is 0 Å². The first-order valence-corrected chi connectivity index (χ1v) is 2.53. The Hall–Kier alpha value is -0.530. The van der Waals surface area contributed by atoms with Crippen molar-refractivity contribution < 1.29 is 30.2 Å². The van der Waals surface area contributed by atoms with Crippen LogP contribution in [-0.4, -0.2) is 6.21 Å². The Kier molecular flexibility index (Phi) is 8.02. The van der Waals surface area contributed by atoms with Crippen LogP contribution in [0.25, 0.3) is 0 Å². The van der Waals surface area contributed by atoms with Gasteiger partial charge in [0.1, 0.15) is 0 Å². The normalized spacial score (nSPS) is 6.80. The van der Waals surface area contributed by atoms with E-state index in [-0.39, 0.29) is 24.8 Å². The van der Waals surface area contributed by atoms with Gasteiger partial charge in [0.25, 0.3) is 0 Å². The van der Waals surface area contributed by atoms with E-state index in [0.717, 1.165) is 5.56 Å². The Morgan fingerprint density at radius 2 is 1.50 bits per heavy atom. The first kappa shape index (κ1) is 12.2. The summed E-state index contributed by atoms with van der Waals surface area (Å²) in [7, 11) is 0. The van der Waals surface area contributed by atoms with Crippen LogP contribution in [0.4, 0.5) is 0 Å². The molecule has 0 amide bonds. The standard InChI is InChI=1S/C7H7N.2ClH/c8-6-7-4-2-1-3-5-7;;/h1-6,8H;2*1H/p-1. The zero-order valence-electron chi connectivity index (χ0n) is 5.30. The molecule has 0 aliphatic carbocycles. The molecule has 0 bridgehead atoms. The molecule has 0 radical (unpaired) electrons. The van der Waals surface area contributed by atoms with Gasteiger partial charge in [-0.3, -0.25) is 5.41 Å². The number of hydrogen-bond donors (Lipinski definition) is 1. The molecule has 56 valence electrons. The summed E-state index contributed by atoms with van der Waals surface area (Å²) in [4.78, 5) is 0. The van der Waals surface area contributed by atoms with E-state index >= 15 is 0 Å². The van der Waals surface area contributed by atoms with Crippen LogP contribution >= 0.6 is 0 Å². The van der Waals surface area contributed by atoms with E-state index in [9.17, 15) is 0 Å². The fraction of sp³-hybridized carbons (Fsp3) is 0. The highest BCUT2D eigenvalue weighted by Crippen LogP contribution is 1.90. The molecule has 0 spiro atoms. The average molecular weight is 177 g/mol. The Morgan fingerprint density at radius 1 is 1.00 bits per heavy atom. The van der Waals surface area contributed by atoms with Crippen molar-refractivity contribution in [2.24, 2.45) is 0 Å². The largest absolute Gasteiger partial charge is 1.00 e. The smallest absolute Gasteiger partial charge is 0.167 e. The number of nitrogens with two attached hydrogens (primary N) is 1. The van der Waals surface area contributed by atoms with Crippen LogP contribution in [0, 0.1) is 0 Å². The molecule has 1 aromatic carbocycles. The van der Waals surface area contributed by atoms with E-state index in [1.54, 1.807) is 6.21 Å². The summed E-state index contributed by atoms with van der Waals surface area (Å²) >= 11 is 0. The summed E-state index contributed by atoms with van der Waals surface area (Å²) in [6.07, 6.45) is 1.58. The van der Waals surface area contributed by atoms with Crippen molar-refractivity contribution in [1.82, 2.24) is 0 Å².